The van der Waals surface area contributed by atoms with Crippen molar-refractivity contribution in [2.24, 2.45) is 5.92 Å². The van der Waals surface area contributed by atoms with Gasteiger partial charge >= 0.3 is 0 Å². The number of aryl methyl sites for hydroxylation is 1. The first kappa shape index (κ1) is 27.5. The summed E-state index contributed by atoms with van der Waals surface area (Å²) in [4.78, 5) is 0. The minimum atomic E-state index is 0.746. The second-order valence-electron chi connectivity index (χ2n) is 11.5. The molecule has 4 rings (SSSR count). The van der Waals surface area contributed by atoms with E-state index in [1.165, 1.54) is 118 Å². The Bertz CT molecular complexity index is 1130. The molecule has 3 aromatic carbocycles. The zero-order chi connectivity index (χ0) is 25.7. The third-order valence-corrected chi connectivity index (χ3v) is 8.52. The van der Waals surface area contributed by atoms with Crippen LogP contribution < -0.4 is 0 Å². The Morgan fingerprint density at radius 3 is 2.00 bits per heavy atom. The van der Waals surface area contributed by atoms with Crippen LogP contribution >= 0.6 is 0 Å². The van der Waals surface area contributed by atoms with E-state index in [-0.39, 0.29) is 0 Å². The summed E-state index contributed by atoms with van der Waals surface area (Å²) in [5.74, 6) is 8.52. The summed E-state index contributed by atoms with van der Waals surface area (Å²) in [7, 11) is 0. The molecule has 0 saturated heterocycles. The number of unbranched alkanes of at least 4 members (excludes halogenated alkanes) is 7. The maximum atomic E-state index is 3.40. The molecule has 0 nitrogen and oxygen atoms in total. The minimum absolute atomic E-state index is 0.746. The van der Waals surface area contributed by atoms with Gasteiger partial charge in [0.15, 0.2) is 0 Å². The van der Waals surface area contributed by atoms with Crippen LogP contribution in [0.4, 0.5) is 0 Å². The fraction of sp³-hybridized carbons (Fsp3) is 0.514. The molecule has 0 aromatic heterocycles. The number of benzene rings is 3. The predicted octanol–water partition coefficient (Wildman–Crippen LogP) is 11.0. The average Bonchev–Trinajstić information content (AvgIpc) is 2.94. The van der Waals surface area contributed by atoms with Crippen LogP contribution in [0.25, 0.3) is 10.8 Å². The van der Waals surface area contributed by atoms with Crippen LogP contribution in [0.5, 0.6) is 0 Å². The molecule has 0 unspecified atom stereocenters. The molecule has 0 aliphatic heterocycles. The summed E-state index contributed by atoms with van der Waals surface area (Å²) in [6.45, 7) is 4.56. The normalized spacial score (nSPS) is 17.5. The standard InChI is InChI=1S/C37H48/c1-3-5-7-8-9-11-12-30-16-22-34(23-17-30)35-24-18-31(19-25-35)14-15-33-21-27-36-28-32(13-10-6-4-2)20-26-37(36)29-33/h18-21,24-30,34H,3-13,16-17,22-23H2,1-2H3/t30-,34-. The molecule has 0 heterocycles. The lowest BCUT2D eigenvalue weighted by atomic mass is 9.77. The van der Waals surface area contributed by atoms with E-state index in [1.54, 1.807) is 0 Å². The van der Waals surface area contributed by atoms with E-state index >= 15 is 0 Å². The molecule has 0 bridgehead atoms. The SMILES string of the molecule is CCCCCCCC[C@H]1CC[C@H](c2ccc(C#Cc3ccc4cc(CCCCC)ccc4c3)cc2)CC1. The summed E-state index contributed by atoms with van der Waals surface area (Å²) in [6.07, 6.45) is 20.6. The van der Waals surface area contributed by atoms with Gasteiger partial charge in [-0.3, -0.25) is 0 Å². The highest BCUT2D eigenvalue weighted by molar-refractivity contribution is 5.84. The van der Waals surface area contributed by atoms with Crippen molar-refractivity contribution in [1.29, 1.82) is 0 Å². The first-order valence-corrected chi connectivity index (χ1v) is 15.4. The van der Waals surface area contributed by atoms with E-state index in [0.29, 0.717) is 0 Å². The fourth-order valence-electron chi connectivity index (χ4n) is 6.09. The highest BCUT2D eigenvalue weighted by Crippen LogP contribution is 2.37. The van der Waals surface area contributed by atoms with Gasteiger partial charge in [-0.15, -0.1) is 0 Å². The van der Waals surface area contributed by atoms with Gasteiger partial charge in [-0.1, -0.05) is 120 Å². The average molecular weight is 493 g/mol. The van der Waals surface area contributed by atoms with Crippen LogP contribution in [0.1, 0.15) is 132 Å². The summed E-state index contributed by atoms with van der Waals surface area (Å²) in [5.41, 5.74) is 5.18. The zero-order valence-electron chi connectivity index (χ0n) is 23.5. The van der Waals surface area contributed by atoms with Gasteiger partial charge in [-0.2, -0.15) is 0 Å². The van der Waals surface area contributed by atoms with Crippen molar-refractivity contribution in [2.75, 3.05) is 0 Å². The topological polar surface area (TPSA) is 0 Å². The Morgan fingerprint density at radius 2 is 1.22 bits per heavy atom. The highest BCUT2D eigenvalue weighted by Gasteiger charge is 2.21. The number of fused-ring (bicyclic) bond motifs is 1. The molecule has 1 aliphatic carbocycles. The van der Waals surface area contributed by atoms with Gasteiger partial charge in [0.2, 0.25) is 0 Å². The maximum Gasteiger partial charge on any atom is 0.0255 e. The molecule has 0 radical (unpaired) electrons. The van der Waals surface area contributed by atoms with Crippen LogP contribution in [-0.2, 0) is 6.42 Å². The summed E-state index contributed by atoms with van der Waals surface area (Å²) in [6, 6.07) is 22.7. The smallest absolute Gasteiger partial charge is 0.0255 e. The number of hydrogen-bond donors (Lipinski definition) is 0. The van der Waals surface area contributed by atoms with Crippen molar-refractivity contribution >= 4 is 10.8 Å². The second kappa shape index (κ2) is 15.0. The Hall–Kier alpha value is -2.52. The molecule has 0 atom stereocenters. The first-order valence-electron chi connectivity index (χ1n) is 15.4. The molecule has 0 heteroatoms. The number of hydrogen-bond acceptors (Lipinski definition) is 0. The lowest BCUT2D eigenvalue weighted by Gasteiger charge is -2.29. The summed E-state index contributed by atoms with van der Waals surface area (Å²) < 4.78 is 0. The predicted molar refractivity (Wildman–Crippen MR) is 162 cm³/mol. The monoisotopic (exact) mass is 492 g/mol. The van der Waals surface area contributed by atoms with Crippen LogP contribution in [0.3, 0.4) is 0 Å². The first-order chi connectivity index (χ1) is 18.2. The third kappa shape index (κ3) is 8.78. The van der Waals surface area contributed by atoms with E-state index in [9.17, 15) is 0 Å². The maximum absolute atomic E-state index is 3.40. The van der Waals surface area contributed by atoms with E-state index in [4.69, 9.17) is 0 Å². The van der Waals surface area contributed by atoms with Crippen molar-refractivity contribution in [3.63, 3.8) is 0 Å². The van der Waals surface area contributed by atoms with Gasteiger partial charge in [-0.05, 0) is 96.5 Å². The highest BCUT2D eigenvalue weighted by atomic mass is 14.3. The van der Waals surface area contributed by atoms with Crippen molar-refractivity contribution in [3.05, 3.63) is 82.9 Å². The Morgan fingerprint density at radius 1 is 0.595 bits per heavy atom. The van der Waals surface area contributed by atoms with Crippen molar-refractivity contribution in [2.45, 2.75) is 116 Å². The molecule has 1 aliphatic rings. The molecular weight excluding hydrogens is 444 g/mol. The summed E-state index contributed by atoms with van der Waals surface area (Å²) >= 11 is 0. The number of rotatable bonds is 12. The van der Waals surface area contributed by atoms with Crippen LogP contribution in [0, 0.1) is 17.8 Å². The molecule has 0 spiro atoms. The molecule has 0 N–H and O–H groups in total. The minimum Gasteiger partial charge on any atom is -0.0654 e. The van der Waals surface area contributed by atoms with Gasteiger partial charge in [0.05, 0.1) is 0 Å². The largest absolute Gasteiger partial charge is 0.0654 e. The third-order valence-electron chi connectivity index (χ3n) is 8.52. The van der Waals surface area contributed by atoms with Crippen molar-refractivity contribution < 1.29 is 0 Å². The Labute approximate surface area is 227 Å². The van der Waals surface area contributed by atoms with Crippen LogP contribution in [0.15, 0.2) is 60.7 Å². The zero-order valence-corrected chi connectivity index (χ0v) is 23.5. The molecular formula is C37H48. The molecule has 0 amide bonds. The van der Waals surface area contributed by atoms with E-state index in [2.05, 4.69) is 86.4 Å². The molecule has 37 heavy (non-hydrogen) atoms. The van der Waals surface area contributed by atoms with Gasteiger partial charge in [0.25, 0.3) is 0 Å². The lowest BCUT2D eigenvalue weighted by Crippen LogP contribution is -2.13. The lowest BCUT2D eigenvalue weighted by molar-refractivity contribution is 0.302. The van der Waals surface area contributed by atoms with E-state index < -0.39 is 0 Å². The second-order valence-corrected chi connectivity index (χ2v) is 11.5. The Balaban J connectivity index is 1.25. The quantitative estimate of drug-likeness (QED) is 0.174. The van der Waals surface area contributed by atoms with Crippen molar-refractivity contribution in [3.8, 4) is 11.8 Å². The Kier molecular flexibility index (Phi) is 11.2. The van der Waals surface area contributed by atoms with Crippen LogP contribution in [0.2, 0.25) is 0 Å². The van der Waals surface area contributed by atoms with Gasteiger partial charge in [0, 0.05) is 11.1 Å². The summed E-state index contributed by atoms with van der Waals surface area (Å²) in [5, 5.41) is 2.61. The van der Waals surface area contributed by atoms with E-state index in [0.717, 1.165) is 23.0 Å². The fourth-order valence-corrected chi connectivity index (χ4v) is 6.09. The van der Waals surface area contributed by atoms with Gasteiger partial charge in [-0.25, -0.2) is 0 Å². The molecule has 1 fully saturated rings. The van der Waals surface area contributed by atoms with Gasteiger partial charge < -0.3 is 0 Å². The van der Waals surface area contributed by atoms with Crippen LogP contribution in [-0.4, -0.2) is 0 Å². The molecule has 1 saturated carbocycles. The van der Waals surface area contributed by atoms with E-state index in [1.807, 2.05) is 0 Å². The molecule has 196 valence electrons. The van der Waals surface area contributed by atoms with Crippen molar-refractivity contribution in [1.82, 2.24) is 0 Å². The van der Waals surface area contributed by atoms with Gasteiger partial charge in [0.1, 0.15) is 0 Å². The molecule has 3 aromatic rings.